The third-order valence-corrected chi connectivity index (χ3v) is 3.02. The van der Waals surface area contributed by atoms with Crippen molar-refractivity contribution in [1.82, 2.24) is 5.32 Å². The van der Waals surface area contributed by atoms with Crippen LogP contribution in [-0.2, 0) is 10.4 Å². The lowest BCUT2D eigenvalue weighted by molar-refractivity contribution is -0.126. The fraction of sp³-hybridized carbons (Fsp3) is 0.615. The minimum Gasteiger partial charge on any atom is -0.466 e. The van der Waals surface area contributed by atoms with E-state index in [1.165, 1.54) is 6.26 Å². The third kappa shape index (κ3) is 3.60. The average molecular weight is 239 g/mol. The highest BCUT2D eigenvalue weighted by Crippen LogP contribution is 2.20. The number of furan rings is 1. The van der Waals surface area contributed by atoms with Crippen LogP contribution < -0.4 is 5.32 Å². The molecule has 1 amide bonds. The zero-order chi connectivity index (χ0) is 12.9. The van der Waals surface area contributed by atoms with Gasteiger partial charge in [-0.1, -0.05) is 13.8 Å². The summed E-state index contributed by atoms with van der Waals surface area (Å²) < 4.78 is 5.14. The Hall–Kier alpha value is -1.29. The Bertz CT molecular complexity index is 340. The van der Waals surface area contributed by atoms with Gasteiger partial charge in [0.05, 0.1) is 12.8 Å². The number of aliphatic hydroxyl groups is 1. The molecule has 2 N–H and O–H groups in total. The van der Waals surface area contributed by atoms with Gasteiger partial charge in [0.2, 0.25) is 5.91 Å². The van der Waals surface area contributed by atoms with Crippen molar-refractivity contribution in [2.75, 3.05) is 6.54 Å². The summed E-state index contributed by atoms with van der Waals surface area (Å²) in [5.74, 6) is 0.464. The van der Waals surface area contributed by atoms with Gasteiger partial charge in [-0.3, -0.25) is 4.79 Å². The van der Waals surface area contributed by atoms with Gasteiger partial charge < -0.3 is 14.8 Å². The second-order valence-electron chi connectivity index (χ2n) is 4.48. The number of hydrogen-bond acceptors (Lipinski definition) is 3. The molecule has 1 rings (SSSR count). The maximum absolute atomic E-state index is 11.8. The molecule has 1 aromatic rings. The number of nitrogens with one attached hydrogen (secondary N) is 1. The molecule has 0 spiro atoms. The number of carbonyl (C=O) groups is 1. The summed E-state index contributed by atoms with van der Waals surface area (Å²) in [6.45, 7) is 5.76. The highest BCUT2D eigenvalue weighted by atomic mass is 16.4. The van der Waals surface area contributed by atoms with E-state index in [2.05, 4.69) is 5.32 Å². The maximum Gasteiger partial charge on any atom is 0.223 e. The van der Waals surface area contributed by atoms with E-state index in [-0.39, 0.29) is 18.4 Å². The summed E-state index contributed by atoms with van der Waals surface area (Å²) in [4.78, 5) is 11.8. The van der Waals surface area contributed by atoms with Gasteiger partial charge in [0, 0.05) is 5.92 Å². The molecule has 96 valence electrons. The fourth-order valence-electron chi connectivity index (χ4n) is 1.74. The molecule has 0 radical (unpaired) electrons. The summed E-state index contributed by atoms with van der Waals surface area (Å²) in [5.41, 5.74) is -1.16. The maximum atomic E-state index is 11.8. The van der Waals surface area contributed by atoms with E-state index < -0.39 is 5.60 Å². The monoisotopic (exact) mass is 239 g/mol. The minimum absolute atomic E-state index is 0.0122. The molecule has 0 aliphatic carbocycles. The van der Waals surface area contributed by atoms with Crippen molar-refractivity contribution in [3.63, 3.8) is 0 Å². The molecular weight excluding hydrogens is 218 g/mol. The van der Waals surface area contributed by atoms with Crippen LogP contribution in [0.15, 0.2) is 22.8 Å². The molecule has 1 atom stereocenters. The van der Waals surface area contributed by atoms with Gasteiger partial charge in [-0.2, -0.15) is 0 Å². The van der Waals surface area contributed by atoms with E-state index in [0.717, 1.165) is 12.8 Å². The first-order chi connectivity index (χ1) is 8.01. The Kier molecular flexibility index (Phi) is 4.75. The van der Waals surface area contributed by atoms with E-state index >= 15 is 0 Å². The zero-order valence-corrected chi connectivity index (χ0v) is 10.7. The topological polar surface area (TPSA) is 62.5 Å². The van der Waals surface area contributed by atoms with Crippen molar-refractivity contribution < 1.29 is 14.3 Å². The predicted octanol–water partition coefficient (Wildman–Crippen LogP) is 2.04. The van der Waals surface area contributed by atoms with Crippen molar-refractivity contribution in [3.8, 4) is 0 Å². The summed E-state index contributed by atoms with van der Waals surface area (Å²) in [7, 11) is 0. The molecule has 1 aromatic heterocycles. The van der Waals surface area contributed by atoms with Gasteiger partial charge in [-0.25, -0.2) is 0 Å². The quantitative estimate of drug-likeness (QED) is 0.798. The molecule has 0 aliphatic rings. The van der Waals surface area contributed by atoms with Gasteiger partial charge in [0.1, 0.15) is 11.4 Å². The number of hydrogen-bond donors (Lipinski definition) is 2. The smallest absolute Gasteiger partial charge is 0.223 e. The first-order valence-corrected chi connectivity index (χ1v) is 6.05. The number of carbonyl (C=O) groups excluding carboxylic acids is 1. The lowest BCUT2D eigenvalue weighted by atomic mass is 10.0. The Balaban J connectivity index is 2.53. The van der Waals surface area contributed by atoms with Gasteiger partial charge >= 0.3 is 0 Å². The Morgan fingerprint density at radius 2 is 2.18 bits per heavy atom. The first-order valence-electron chi connectivity index (χ1n) is 6.05. The van der Waals surface area contributed by atoms with Crippen LogP contribution in [0.1, 0.15) is 39.4 Å². The summed E-state index contributed by atoms with van der Waals surface area (Å²) in [6.07, 6.45) is 3.13. The third-order valence-electron chi connectivity index (χ3n) is 3.02. The normalized spacial score (nSPS) is 14.6. The molecule has 4 heteroatoms. The van der Waals surface area contributed by atoms with Crippen LogP contribution in [0.2, 0.25) is 0 Å². The molecular formula is C13H21NO3. The molecule has 17 heavy (non-hydrogen) atoms. The van der Waals surface area contributed by atoms with Gasteiger partial charge in [-0.05, 0) is 31.9 Å². The van der Waals surface area contributed by atoms with Crippen molar-refractivity contribution in [3.05, 3.63) is 24.2 Å². The van der Waals surface area contributed by atoms with E-state index in [9.17, 15) is 9.90 Å². The van der Waals surface area contributed by atoms with Crippen molar-refractivity contribution in [1.29, 1.82) is 0 Å². The van der Waals surface area contributed by atoms with Crippen molar-refractivity contribution in [2.24, 2.45) is 5.92 Å². The van der Waals surface area contributed by atoms with Crippen LogP contribution in [0, 0.1) is 5.92 Å². The van der Waals surface area contributed by atoms with Gasteiger partial charge in [-0.15, -0.1) is 0 Å². The minimum atomic E-state index is -1.16. The van der Waals surface area contributed by atoms with Crippen molar-refractivity contribution >= 4 is 5.91 Å². The fourth-order valence-corrected chi connectivity index (χ4v) is 1.74. The second kappa shape index (κ2) is 5.87. The molecule has 0 aromatic carbocycles. The van der Waals surface area contributed by atoms with Crippen LogP contribution in [0.3, 0.4) is 0 Å². The number of rotatable bonds is 6. The van der Waals surface area contributed by atoms with E-state index in [1.807, 2.05) is 13.8 Å². The first kappa shape index (κ1) is 13.8. The molecule has 0 fully saturated rings. The van der Waals surface area contributed by atoms with E-state index in [4.69, 9.17) is 4.42 Å². The van der Waals surface area contributed by atoms with Crippen LogP contribution in [-0.4, -0.2) is 17.6 Å². The molecule has 1 heterocycles. The van der Waals surface area contributed by atoms with Crippen LogP contribution in [0.5, 0.6) is 0 Å². The Morgan fingerprint density at radius 1 is 1.53 bits per heavy atom. The van der Waals surface area contributed by atoms with Crippen LogP contribution in [0.4, 0.5) is 0 Å². The number of amides is 1. The molecule has 0 saturated heterocycles. The Morgan fingerprint density at radius 3 is 2.65 bits per heavy atom. The Labute approximate surface area is 102 Å². The van der Waals surface area contributed by atoms with Gasteiger partial charge in [0.25, 0.3) is 0 Å². The lowest BCUT2D eigenvalue weighted by Gasteiger charge is -2.22. The molecule has 0 aliphatic heterocycles. The van der Waals surface area contributed by atoms with E-state index in [1.54, 1.807) is 19.1 Å². The van der Waals surface area contributed by atoms with E-state index in [0.29, 0.717) is 5.76 Å². The molecule has 0 bridgehead atoms. The standard InChI is InChI=1S/C13H21NO3/c1-4-10(5-2)12(15)14-9-13(3,16)11-7-6-8-17-11/h6-8,10,16H,4-5,9H2,1-3H3,(H,14,15). The predicted molar refractivity (Wildman–Crippen MR) is 65.4 cm³/mol. The van der Waals surface area contributed by atoms with Crippen LogP contribution in [0.25, 0.3) is 0 Å². The molecule has 0 saturated carbocycles. The average Bonchev–Trinajstić information content (AvgIpc) is 2.82. The highest BCUT2D eigenvalue weighted by molar-refractivity contribution is 5.78. The highest BCUT2D eigenvalue weighted by Gasteiger charge is 2.27. The lowest BCUT2D eigenvalue weighted by Crippen LogP contribution is -2.40. The van der Waals surface area contributed by atoms with Crippen LogP contribution >= 0.6 is 0 Å². The second-order valence-corrected chi connectivity index (χ2v) is 4.48. The summed E-state index contributed by atoms with van der Waals surface area (Å²) in [5, 5.41) is 12.9. The largest absolute Gasteiger partial charge is 0.466 e. The summed E-state index contributed by atoms with van der Waals surface area (Å²) in [6, 6.07) is 3.41. The van der Waals surface area contributed by atoms with Gasteiger partial charge in [0.15, 0.2) is 0 Å². The van der Waals surface area contributed by atoms with Crippen molar-refractivity contribution in [2.45, 2.75) is 39.2 Å². The SMILES string of the molecule is CCC(CC)C(=O)NCC(C)(O)c1ccco1. The zero-order valence-electron chi connectivity index (χ0n) is 10.7. The molecule has 4 nitrogen and oxygen atoms in total. The summed E-state index contributed by atoms with van der Waals surface area (Å²) >= 11 is 0. The molecule has 1 unspecified atom stereocenters.